The molecule has 0 fully saturated rings. The van der Waals surface area contributed by atoms with Crippen LogP contribution in [0, 0.1) is 0 Å². The Morgan fingerprint density at radius 1 is 1.29 bits per heavy atom. The molecule has 1 aromatic carbocycles. The molecule has 2 aromatic rings. The number of thioether (sulfide) groups is 1. The third kappa shape index (κ3) is 2.01. The standard InChI is InChI=1S/C10H9BrN2S/c1-14-10-4-2-9(3-5-10)13-7-8(11)6-12-13/h2-7H,1H3. The zero-order valence-electron chi connectivity index (χ0n) is 7.64. The smallest absolute Gasteiger partial charge is 0.0646 e. The molecule has 0 aliphatic rings. The average Bonchev–Trinajstić information content (AvgIpc) is 2.65. The van der Waals surface area contributed by atoms with Crippen molar-refractivity contribution in [1.82, 2.24) is 9.78 Å². The minimum atomic E-state index is 0.992. The highest BCUT2D eigenvalue weighted by molar-refractivity contribution is 9.10. The normalized spacial score (nSPS) is 10.4. The summed E-state index contributed by atoms with van der Waals surface area (Å²) in [5, 5.41) is 4.20. The van der Waals surface area contributed by atoms with Crippen LogP contribution < -0.4 is 0 Å². The predicted molar refractivity (Wildman–Crippen MR) is 63.0 cm³/mol. The molecule has 0 unspecified atom stereocenters. The van der Waals surface area contributed by atoms with E-state index in [1.165, 1.54) is 4.90 Å². The summed E-state index contributed by atoms with van der Waals surface area (Å²) in [6, 6.07) is 8.31. The fourth-order valence-electron chi connectivity index (χ4n) is 1.18. The Hall–Kier alpha value is -0.740. The van der Waals surface area contributed by atoms with Crippen LogP contribution in [0.2, 0.25) is 0 Å². The first kappa shape index (κ1) is 9.80. The van der Waals surface area contributed by atoms with Gasteiger partial charge >= 0.3 is 0 Å². The van der Waals surface area contributed by atoms with E-state index in [1.54, 1.807) is 18.0 Å². The van der Waals surface area contributed by atoms with Crippen LogP contribution in [0.1, 0.15) is 0 Å². The molecule has 0 atom stereocenters. The van der Waals surface area contributed by atoms with Gasteiger partial charge in [-0.2, -0.15) is 5.10 Å². The van der Waals surface area contributed by atoms with Crippen LogP contribution in [0.3, 0.4) is 0 Å². The van der Waals surface area contributed by atoms with E-state index in [4.69, 9.17) is 0 Å². The number of aromatic nitrogens is 2. The lowest BCUT2D eigenvalue weighted by Gasteiger charge is -2.01. The van der Waals surface area contributed by atoms with E-state index in [-0.39, 0.29) is 0 Å². The molecule has 0 amide bonds. The third-order valence-electron chi connectivity index (χ3n) is 1.89. The van der Waals surface area contributed by atoms with E-state index in [0.29, 0.717) is 0 Å². The maximum Gasteiger partial charge on any atom is 0.0646 e. The maximum atomic E-state index is 4.20. The molecule has 0 saturated heterocycles. The SMILES string of the molecule is CSc1ccc(-n2cc(Br)cn2)cc1. The Labute approximate surface area is 95.5 Å². The molecule has 0 N–H and O–H groups in total. The highest BCUT2D eigenvalue weighted by atomic mass is 79.9. The average molecular weight is 269 g/mol. The van der Waals surface area contributed by atoms with Crippen LogP contribution in [-0.2, 0) is 0 Å². The zero-order valence-corrected chi connectivity index (χ0v) is 10.0. The molecule has 0 spiro atoms. The topological polar surface area (TPSA) is 17.8 Å². The van der Waals surface area contributed by atoms with Crippen molar-refractivity contribution in [1.29, 1.82) is 0 Å². The molecule has 0 aliphatic carbocycles. The van der Waals surface area contributed by atoms with Crippen molar-refractivity contribution in [3.05, 3.63) is 41.1 Å². The summed E-state index contributed by atoms with van der Waals surface area (Å²) in [5.41, 5.74) is 1.08. The first-order valence-corrected chi connectivity index (χ1v) is 6.16. The van der Waals surface area contributed by atoms with Gasteiger partial charge in [0.25, 0.3) is 0 Å². The minimum Gasteiger partial charge on any atom is -0.240 e. The Bertz CT molecular complexity index is 422. The van der Waals surface area contributed by atoms with Crippen LogP contribution >= 0.6 is 27.7 Å². The second kappa shape index (κ2) is 4.19. The van der Waals surface area contributed by atoms with Gasteiger partial charge in [-0.05, 0) is 46.5 Å². The van der Waals surface area contributed by atoms with Gasteiger partial charge in [-0.15, -0.1) is 11.8 Å². The molecule has 4 heteroatoms. The van der Waals surface area contributed by atoms with Crippen molar-refractivity contribution in [2.24, 2.45) is 0 Å². The van der Waals surface area contributed by atoms with Crippen molar-refractivity contribution in [3.8, 4) is 5.69 Å². The summed E-state index contributed by atoms with van der Waals surface area (Å²) in [6.07, 6.45) is 5.79. The molecule has 14 heavy (non-hydrogen) atoms. The first-order chi connectivity index (χ1) is 6.79. The van der Waals surface area contributed by atoms with E-state index < -0.39 is 0 Å². The minimum absolute atomic E-state index is 0.992. The molecule has 1 aromatic heterocycles. The van der Waals surface area contributed by atoms with E-state index in [9.17, 15) is 0 Å². The quantitative estimate of drug-likeness (QED) is 0.778. The summed E-state index contributed by atoms with van der Waals surface area (Å²) in [6.45, 7) is 0. The third-order valence-corrected chi connectivity index (χ3v) is 3.04. The molecule has 2 rings (SSSR count). The van der Waals surface area contributed by atoms with Gasteiger partial charge in [0.2, 0.25) is 0 Å². The van der Waals surface area contributed by atoms with Crippen LogP contribution in [0.4, 0.5) is 0 Å². The molecule has 0 saturated carbocycles. The molecule has 0 bridgehead atoms. The number of nitrogens with zero attached hydrogens (tertiary/aromatic N) is 2. The number of hydrogen-bond donors (Lipinski definition) is 0. The number of benzene rings is 1. The molecule has 0 radical (unpaired) electrons. The Kier molecular flexibility index (Phi) is 2.93. The first-order valence-electron chi connectivity index (χ1n) is 4.14. The van der Waals surface area contributed by atoms with Gasteiger partial charge in [0, 0.05) is 11.1 Å². The summed E-state index contributed by atoms with van der Waals surface area (Å²) < 4.78 is 2.83. The lowest BCUT2D eigenvalue weighted by Crippen LogP contribution is -1.92. The van der Waals surface area contributed by atoms with E-state index in [1.807, 2.05) is 10.9 Å². The lowest BCUT2D eigenvalue weighted by atomic mass is 10.3. The number of rotatable bonds is 2. The van der Waals surface area contributed by atoms with Crippen LogP contribution in [0.25, 0.3) is 5.69 Å². The zero-order chi connectivity index (χ0) is 9.97. The fraction of sp³-hybridized carbons (Fsp3) is 0.100. The monoisotopic (exact) mass is 268 g/mol. The number of halogens is 1. The van der Waals surface area contributed by atoms with E-state index >= 15 is 0 Å². The van der Waals surface area contributed by atoms with Crippen molar-refractivity contribution >= 4 is 27.7 Å². The maximum absolute atomic E-state index is 4.20. The Morgan fingerprint density at radius 2 is 2.00 bits per heavy atom. The van der Waals surface area contributed by atoms with Gasteiger partial charge in [0.1, 0.15) is 0 Å². The van der Waals surface area contributed by atoms with Gasteiger partial charge in [-0.25, -0.2) is 4.68 Å². The molecule has 72 valence electrons. The summed E-state index contributed by atoms with van der Waals surface area (Å²) >= 11 is 5.11. The van der Waals surface area contributed by atoms with Gasteiger partial charge in [0.05, 0.1) is 16.4 Å². The Balaban J connectivity index is 2.33. The second-order valence-corrected chi connectivity index (χ2v) is 4.60. The van der Waals surface area contributed by atoms with Crippen LogP contribution in [-0.4, -0.2) is 16.0 Å². The molecule has 1 heterocycles. The van der Waals surface area contributed by atoms with E-state index in [0.717, 1.165) is 10.2 Å². The predicted octanol–water partition coefficient (Wildman–Crippen LogP) is 3.36. The summed E-state index contributed by atoms with van der Waals surface area (Å²) in [5.74, 6) is 0. The van der Waals surface area contributed by atoms with Crippen molar-refractivity contribution in [2.45, 2.75) is 4.90 Å². The van der Waals surface area contributed by atoms with Gasteiger partial charge in [0.15, 0.2) is 0 Å². The van der Waals surface area contributed by atoms with Gasteiger partial charge < -0.3 is 0 Å². The summed E-state index contributed by atoms with van der Waals surface area (Å²) in [4.78, 5) is 1.26. The van der Waals surface area contributed by atoms with Crippen LogP contribution in [0.5, 0.6) is 0 Å². The highest BCUT2D eigenvalue weighted by Gasteiger charge is 1.98. The van der Waals surface area contributed by atoms with Crippen molar-refractivity contribution in [3.63, 3.8) is 0 Å². The molecular weight excluding hydrogens is 260 g/mol. The van der Waals surface area contributed by atoms with Crippen LogP contribution in [0.15, 0.2) is 46.0 Å². The second-order valence-electron chi connectivity index (χ2n) is 2.80. The molecule has 0 aliphatic heterocycles. The molecule has 2 nitrogen and oxygen atoms in total. The van der Waals surface area contributed by atoms with Crippen molar-refractivity contribution in [2.75, 3.05) is 6.26 Å². The number of hydrogen-bond acceptors (Lipinski definition) is 2. The lowest BCUT2D eigenvalue weighted by molar-refractivity contribution is 0.879. The Morgan fingerprint density at radius 3 is 2.50 bits per heavy atom. The summed E-state index contributed by atoms with van der Waals surface area (Å²) in [7, 11) is 0. The van der Waals surface area contributed by atoms with Crippen molar-refractivity contribution < 1.29 is 0 Å². The largest absolute Gasteiger partial charge is 0.240 e. The van der Waals surface area contributed by atoms with Gasteiger partial charge in [-0.3, -0.25) is 0 Å². The highest BCUT2D eigenvalue weighted by Crippen LogP contribution is 2.17. The fourth-order valence-corrected chi connectivity index (χ4v) is 1.87. The molecular formula is C10H9BrN2S. The van der Waals surface area contributed by atoms with E-state index in [2.05, 4.69) is 51.5 Å². The van der Waals surface area contributed by atoms with Gasteiger partial charge in [-0.1, -0.05) is 0 Å².